The van der Waals surface area contributed by atoms with Gasteiger partial charge in [-0.2, -0.15) is 4.31 Å². The van der Waals surface area contributed by atoms with E-state index in [-0.39, 0.29) is 11.8 Å². The lowest BCUT2D eigenvalue weighted by Crippen LogP contribution is -2.51. The lowest BCUT2D eigenvalue weighted by atomic mass is 10.1. The Morgan fingerprint density at radius 1 is 1.04 bits per heavy atom. The van der Waals surface area contributed by atoms with Crippen LogP contribution in [0.5, 0.6) is 0 Å². The van der Waals surface area contributed by atoms with Gasteiger partial charge in [0.15, 0.2) is 0 Å². The summed E-state index contributed by atoms with van der Waals surface area (Å²) in [5, 5.41) is 0. The second-order valence-electron chi connectivity index (χ2n) is 6.71. The third-order valence-electron chi connectivity index (χ3n) is 5.22. The molecule has 1 aromatic rings. The largest absolute Gasteiger partial charge is 0.340 e. The van der Waals surface area contributed by atoms with Gasteiger partial charge in [0.05, 0.1) is 4.90 Å². The Hall–Kier alpha value is -1.40. The van der Waals surface area contributed by atoms with Crippen molar-refractivity contribution in [3.8, 4) is 0 Å². The highest BCUT2D eigenvalue weighted by atomic mass is 32.2. The van der Waals surface area contributed by atoms with Gasteiger partial charge >= 0.3 is 0 Å². The van der Waals surface area contributed by atoms with Gasteiger partial charge in [0.25, 0.3) is 0 Å². The van der Waals surface area contributed by atoms with Crippen LogP contribution in [0.3, 0.4) is 0 Å². The van der Waals surface area contributed by atoms with E-state index in [0.717, 1.165) is 37.7 Å². The average molecular weight is 350 g/mol. The third kappa shape index (κ3) is 3.49. The molecule has 3 rings (SSSR count). The number of benzene rings is 1. The number of nitrogens with zero attached hydrogens (tertiary/aromatic N) is 2. The Morgan fingerprint density at radius 3 is 2.17 bits per heavy atom. The van der Waals surface area contributed by atoms with Gasteiger partial charge in [0, 0.05) is 32.1 Å². The van der Waals surface area contributed by atoms with E-state index in [0.29, 0.717) is 31.1 Å². The van der Waals surface area contributed by atoms with Gasteiger partial charge < -0.3 is 4.90 Å². The first-order chi connectivity index (χ1) is 11.5. The molecule has 0 bridgehead atoms. The Morgan fingerprint density at radius 2 is 1.62 bits per heavy atom. The lowest BCUT2D eigenvalue weighted by Gasteiger charge is -2.35. The van der Waals surface area contributed by atoms with Crippen LogP contribution in [0.1, 0.15) is 38.2 Å². The van der Waals surface area contributed by atoms with Crippen LogP contribution in [0, 0.1) is 5.92 Å². The zero-order chi connectivity index (χ0) is 17.2. The first-order valence-corrected chi connectivity index (χ1v) is 10.3. The fourth-order valence-electron chi connectivity index (χ4n) is 3.63. The summed E-state index contributed by atoms with van der Waals surface area (Å²) in [7, 11) is -3.46. The Bertz CT molecular complexity index is 671. The van der Waals surface area contributed by atoms with Crippen molar-refractivity contribution in [2.75, 3.05) is 26.2 Å². The van der Waals surface area contributed by atoms with Gasteiger partial charge in [-0.1, -0.05) is 31.9 Å². The molecular formula is C18H26N2O3S. The molecule has 1 aliphatic heterocycles. The standard InChI is InChI=1S/C18H26N2O3S/c1-2-15-7-9-17(10-8-15)24(22,23)20-13-11-19(12-14-20)18(21)16-5-3-4-6-16/h7-10,16H,2-6,11-14H2,1H3. The third-order valence-corrected chi connectivity index (χ3v) is 7.14. The van der Waals surface area contributed by atoms with Gasteiger partial charge in [0.2, 0.25) is 15.9 Å². The Balaban J connectivity index is 1.63. The maximum atomic E-state index is 12.7. The fraction of sp³-hybridized carbons (Fsp3) is 0.611. The van der Waals surface area contributed by atoms with Gasteiger partial charge in [-0.25, -0.2) is 8.42 Å². The van der Waals surface area contributed by atoms with E-state index in [1.165, 1.54) is 4.31 Å². The van der Waals surface area contributed by atoms with Crippen molar-refractivity contribution in [3.63, 3.8) is 0 Å². The number of carbonyl (C=O) groups is 1. The zero-order valence-corrected chi connectivity index (χ0v) is 15.1. The molecule has 1 heterocycles. The minimum atomic E-state index is -3.46. The van der Waals surface area contributed by atoms with Gasteiger partial charge in [0.1, 0.15) is 0 Å². The molecule has 0 aromatic heterocycles. The molecule has 0 radical (unpaired) electrons. The molecule has 0 N–H and O–H groups in total. The highest BCUT2D eigenvalue weighted by Gasteiger charge is 2.33. The maximum Gasteiger partial charge on any atom is 0.243 e. The Labute approximate surface area is 144 Å². The predicted molar refractivity (Wildman–Crippen MR) is 93.1 cm³/mol. The van der Waals surface area contributed by atoms with Gasteiger partial charge in [-0.15, -0.1) is 0 Å². The van der Waals surface area contributed by atoms with E-state index in [1.54, 1.807) is 12.1 Å². The van der Waals surface area contributed by atoms with Gasteiger partial charge in [-0.05, 0) is 37.0 Å². The zero-order valence-electron chi connectivity index (χ0n) is 14.3. The number of carbonyl (C=O) groups excluding carboxylic acids is 1. The molecule has 5 nitrogen and oxygen atoms in total. The van der Waals surface area contributed by atoms with Crippen LogP contribution in [0.25, 0.3) is 0 Å². The van der Waals surface area contributed by atoms with Crippen molar-refractivity contribution in [1.82, 2.24) is 9.21 Å². The molecular weight excluding hydrogens is 324 g/mol. The summed E-state index contributed by atoms with van der Waals surface area (Å²) in [4.78, 5) is 14.6. The van der Waals surface area contributed by atoms with Crippen LogP contribution in [-0.2, 0) is 21.2 Å². The van der Waals surface area contributed by atoms with E-state index < -0.39 is 10.0 Å². The van der Waals surface area contributed by atoms with Crippen molar-refractivity contribution in [2.24, 2.45) is 5.92 Å². The molecule has 1 aliphatic carbocycles. The number of sulfonamides is 1. The summed E-state index contributed by atoms with van der Waals surface area (Å²) in [6, 6.07) is 7.11. The summed E-state index contributed by atoms with van der Waals surface area (Å²) in [6.07, 6.45) is 5.14. The summed E-state index contributed by atoms with van der Waals surface area (Å²) in [6.45, 7) is 3.82. The summed E-state index contributed by atoms with van der Waals surface area (Å²) in [5.41, 5.74) is 1.13. The van der Waals surface area contributed by atoms with Crippen molar-refractivity contribution in [2.45, 2.75) is 43.9 Å². The molecule has 1 saturated carbocycles. The topological polar surface area (TPSA) is 57.7 Å². The van der Waals surface area contributed by atoms with Crippen molar-refractivity contribution in [1.29, 1.82) is 0 Å². The summed E-state index contributed by atoms with van der Waals surface area (Å²) < 4.78 is 27.0. The van der Waals surface area contributed by atoms with Gasteiger partial charge in [-0.3, -0.25) is 4.79 Å². The number of hydrogen-bond donors (Lipinski definition) is 0. The van der Waals surface area contributed by atoms with Crippen LogP contribution in [0.15, 0.2) is 29.2 Å². The summed E-state index contributed by atoms with van der Waals surface area (Å²) in [5.74, 6) is 0.381. The Kier molecular flexibility index (Phi) is 5.25. The average Bonchev–Trinajstić information content (AvgIpc) is 3.16. The number of amides is 1. The van der Waals surface area contributed by atoms with Crippen molar-refractivity contribution in [3.05, 3.63) is 29.8 Å². The first-order valence-electron chi connectivity index (χ1n) is 8.90. The number of aryl methyl sites for hydroxylation is 1. The van der Waals surface area contributed by atoms with Crippen molar-refractivity contribution < 1.29 is 13.2 Å². The highest BCUT2D eigenvalue weighted by molar-refractivity contribution is 7.89. The molecule has 1 aromatic carbocycles. The fourth-order valence-corrected chi connectivity index (χ4v) is 5.05. The molecule has 2 fully saturated rings. The van der Waals surface area contributed by atoms with Crippen LogP contribution >= 0.6 is 0 Å². The molecule has 0 spiro atoms. The van der Waals surface area contributed by atoms with E-state index in [9.17, 15) is 13.2 Å². The van der Waals surface area contributed by atoms with E-state index in [1.807, 2.05) is 24.0 Å². The predicted octanol–water partition coefficient (Wildman–Crippen LogP) is 2.27. The summed E-state index contributed by atoms with van der Waals surface area (Å²) >= 11 is 0. The van der Waals surface area contributed by atoms with Crippen LogP contribution in [0.2, 0.25) is 0 Å². The molecule has 1 saturated heterocycles. The van der Waals surface area contributed by atoms with E-state index in [2.05, 4.69) is 0 Å². The number of piperazine rings is 1. The quantitative estimate of drug-likeness (QED) is 0.837. The number of rotatable bonds is 4. The minimum absolute atomic E-state index is 0.162. The van der Waals surface area contributed by atoms with Crippen LogP contribution in [-0.4, -0.2) is 49.7 Å². The molecule has 0 unspecified atom stereocenters. The minimum Gasteiger partial charge on any atom is -0.340 e. The molecule has 1 amide bonds. The lowest BCUT2D eigenvalue weighted by molar-refractivity contribution is -0.136. The molecule has 6 heteroatoms. The van der Waals surface area contributed by atoms with Crippen LogP contribution in [0.4, 0.5) is 0 Å². The first kappa shape index (κ1) is 17.4. The number of hydrogen-bond acceptors (Lipinski definition) is 3. The smallest absolute Gasteiger partial charge is 0.243 e. The maximum absolute atomic E-state index is 12.7. The van der Waals surface area contributed by atoms with Crippen LogP contribution < -0.4 is 0 Å². The van der Waals surface area contributed by atoms with Crippen molar-refractivity contribution >= 4 is 15.9 Å². The molecule has 24 heavy (non-hydrogen) atoms. The molecule has 0 atom stereocenters. The SMILES string of the molecule is CCc1ccc(S(=O)(=O)N2CCN(C(=O)C3CCCC3)CC2)cc1. The monoisotopic (exact) mass is 350 g/mol. The highest BCUT2D eigenvalue weighted by Crippen LogP contribution is 2.27. The second kappa shape index (κ2) is 7.23. The molecule has 132 valence electrons. The van der Waals surface area contributed by atoms with E-state index >= 15 is 0 Å². The second-order valence-corrected chi connectivity index (χ2v) is 8.65. The normalized spacial score (nSPS) is 20.5. The molecule has 2 aliphatic rings. The van der Waals surface area contributed by atoms with E-state index in [4.69, 9.17) is 0 Å².